The Morgan fingerprint density at radius 3 is 1.86 bits per heavy atom. The predicted molar refractivity (Wildman–Crippen MR) is 61.2 cm³/mol. The molecular formula is C12H8F6N2O. The van der Waals surface area contributed by atoms with Gasteiger partial charge in [-0.25, -0.2) is 0 Å². The second-order valence-electron chi connectivity index (χ2n) is 4.31. The van der Waals surface area contributed by atoms with Crippen LogP contribution in [-0.4, -0.2) is 12.5 Å². The highest BCUT2D eigenvalue weighted by atomic mass is 19.4. The van der Waals surface area contributed by atoms with Gasteiger partial charge < -0.3 is 10.6 Å². The van der Waals surface area contributed by atoms with Gasteiger partial charge in [-0.15, -0.1) is 0 Å². The van der Waals surface area contributed by atoms with E-state index in [2.05, 4.69) is 10.6 Å². The molecule has 3 nitrogen and oxygen atoms in total. The molecule has 1 aliphatic heterocycles. The highest BCUT2D eigenvalue weighted by molar-refractivity contribution is 5.91. The lowest BCUT2D eigenvalue weighted by Crippen LogP contribution is -2.17. The largest absolute Gasteiger partial charge is 0.416 e. The van der Waals surface area contributed by atoms with Gasteiger partial charge in [0.2, 0.25) is 5.91 Å². The van der Waals surface area contributed by atoms with Gasteiger partial charge in [0, 0.05) is 17.5 Å². The fourth-order valence-electron chi connectivity index (χ4n) is 1.74. The maximum Gasteiger partial charge on any atom is 0.416 e. The van der Waals surface area contributed by atoms with Crippen molar-refractivity contribution in [1.29, 1.82) is 0 Å². The van der Waals surface area contributed by atoms with E-state index >= 15 is 0 Å². The zero-order valence-electron chi connectivity index (χ0n) is 10.2. The number of amides is 1. The van der Waals surface area contributed by atoms with Crippen LogP contribution in [0.25, 0.3) is 0 Å². The van der Waals surface area contributed by atoms with Gasteiger partial charge in [0.05, 0.1) is 17.7 Å². The predicted octanol–water partition coefficient (Wildman–Crippen LogP) is 3.15. The Kier molecular flexibility index (Phi) is 3.60. The van der Waals surface area contributed by atoms with Crippen molar-refractivity contribution >= 4 is 11.6 Å². The number of rotatable bonds is 2. The SMILES string of the molecule is O=C1C=C(Nc2cc(C(F)(F)F)cc(C(F)(F)F)c2)CN1. The number of benzene rings is 1. The summed E-state index contributed by atoms with van der Waals surface area (Å²) in [5.41, 5.74) is -3.04. The van der Waals surface area contributed by atoms with Gasteiger partial charge in [-0.05, 0) is 18.2 Å². The average molecular weight is 310 g/mol. The van der Waals surface area contributed by atoms with Gasteiger partial charge in [0.25, 0.3) is 0 Å². The second-order valence-corrected chi connectivity index (χ2v) is 4.31. The third kappa shape index (κ3) is 3.67. The van der Waals surface area contributed by atoms with E-state index in [0.717, 1.165) is 6.08 Å². The van der Waals surface area contributed by atoms with E-state index in [9.17, 15) is 31.1 Å². The van der Waals surface area contributed by atoms with Crippen molar-refractivity contribution in [3.8, 4) is 0 Å². The normalized spacial score (nSPS) is 15.7. The first-order chi connectivity index (χ1) is 9.55. The average Bonchev–Trinajstić information content (AvgIpc) is 2.72. The molecule has 0 radical (unpaired) electrons. The fraction of sp³-hybridized carbons (Fsp3) is 0.250. The van der Waals surface area contributed by atoms with Crippen molar-refractivity contribution in [2.45, 2.75) is 12.4 Å². The number of halogens is 6. The van der Waals surface area contributed by atoms with Crippen LogP contribution in [0, 0.1) is 0 Å². The molecule has 1 heterocycles. The Hall–Kier alpha value is -2.19. The first kappa shape index (κ1) is 15.2. The lowest BCUT2D eigenvalue weighted by molar-refractivity contribution is -0.143. The van der Waals surface area contributed by atoms with E-state index in [1.165, 1.54) is 0 Å². The molecule has 0 saturated carbocycles. The number of anilines is 1. The van der Waals surface area contributed by atoms with Crippen LogP contribution in [0.1, 0.15) is 11.1 Å². The molecule has 0 unspecified atom stereocenters. The van der Waals surface area contributed by atoms with Crippen molar-refractivity contribution in [2.75, 3.05) is 11.9 Å². The van der Waals surface area contributed by atoms with E-state index < -0.39 is 29.4 Å². The maximum absolute atomic E-state index is 12.6. The zero-order valence-corrected chi connectivity index (χ0v) is 10.2. The minimum Gasteiger partial charge on any atom is -0.357 e. The Labute approximate surface area is 114 Å². The lowest BCUT2D eigenvalue weighted by atomic mass is 10.1. The van der Waals surface area contributed by atoms with Crippen LogP contribution in [0.5, 0.6) is 0 Å². The minimum absolute atomic E-state index is 0.0103. The summed E-state index contributed by atoms with van der Waals surface area (Å²) in [7, 11) is 0. The number of carbonyl (C=O) groups excluding carboxylic acids is 1. The molecule has 9 heteroatoms. The molecular weight excluding hydrogens is 302 g/mol. The summed E-state index contributed by atoms with van der Waals surface area (Å²) >= 11 is 0. The Balaban J connectivity index is 2.41. The number of nitrogens with one attached hydrogen (secondary N) is 2. The number of hydrogen-bond donors (Lipinski definition) is 2. The molecule has 0 aromatic heterocycles. The molecule has 2 N–H and O–H groups in total. The van der Waals surface area contributed by atoms with Crippen molar-refractivity contribution in [1.82, 2.24) is 5.32 Å². The molecule has 1 aliphatic rings. The van der Waals surface area contributed by atoms with Gasteiger partial charge in [0.1, 0.15) is 0 Å². The van der Waals surface area contributed by atoms with Gasteiger partial charge in [-0.1, -0.05) is 0 Å². The van der Waals surface area contributed by atoms with E-state index in [1.54, 1.807) is 0 Å². The third-order valence-electron chi connectivity index (χ3n) is 2.65. The standard InChI is InChI=1S/C12H8F6N2O/c13-11(14,15)6-1-7(12(16,17)18)3-8(2-6)20-9-4-10(21)19-5-9/h1-4,20H,5H2,(H,19,21). The molecule has 0 aliphatic carbocycles. The summed E-state index contributed by atoms with van der Waals surface area (Å²) in [4.78, 5) is 10.9. The van der Waals surface area contributed by atoms with Crippen LogP contribution >= 0.6 is 0 Å². The summed E-state index contributed by atoms with van der Waals surface area (Å²) in [5.74, 6) is -0.472. The van der Waals surface area contributed by atoms with Crippen molar-refractivity contribution in [2.24, 2.45) is 0 Å². The summed E-state index contributed by atoms with van der Waals surface area (Å²) in [5, 5.41) is 4.72. The van der Waals surface area contributed by atoms with Gasteiger partial charge >= 0.3 is 12.4 Å². The van der Waals surface area contributed by atoms with Crippen LogP contribution in [0.3, 0.4) is 0 Å². The molecule has 21 heavy (non-hydrogen) atoms. The van der Waals surface area contributed by atoms with Crippen LogP contribution in [-0.2, 0) is 17.1 Å². The van der Waals surface area contributed by atoms with E-state index in [-0.39, 0.29) is 24.0 Å². The summed E-state index contributed by atoms with van der Waals surface area (Å²) in [6.45, 7) is 0.0103. The number of carbonyl (C=O) groups is 1. The topological polar surface area (TPSA) is 41.1 Å². The molecule has 1 aromatic carbocycles. The van der Waals surface area contributed by atoms with Crippen LogP contribution in [0.15, 0.2) is 30.0 Å². The van der Waals surface area contributed by atoms with Gasteiger partial charge in [0.15, 0.2) is 0 Å². The van der Waals surface area contributed by atoms with Crippen LogP contribution < -0.4 is 10.6 Å². The third-order valence-corrected chi connectivity index (χ3v) is 2.65. The highest BCUT2D eigenvalue weighted by Gasteiger charge is 2.37. The fourth-order valence-corrected chi connectivity index (χ4v) is 1.74. The molecule has 2 rings (SSSR count). The van der Waals surface area contributed by atoms with E-state index in [1.807, 2.05) is 0 Å². The van der Waals surface area contributed by atoms with Gasteiger partial charge in [-0.2, -0.15) is 26.3 Å². The highest BCUT2D eigenvalue weighted by Crippen LogP contribution is 2.37. The molecule has 0 bridgehead atoms. The van der Waals surface area contributed by atoms with Crippen LogP contribution in [0.4, 0.5) is 32.0 Å². The molecule has 0 atom stereocenters. The molecule has 0 fully saturated rings. The van der Waals surface area contributed by atoms with Crippen molar-refractivity contribution in [3.05, 3.63) is 41.1 Å². The van der Waals surface area contributed by atoms with Crippen LogP contribution in [0.2, 0.25) is 0 Å². The molecule has 1 aromatic rings. The first-order valence-electron chi connectivity index (χ1n) is 5.60. The van der Waals surface area contributed by atoms with E-state index in [4.69, 9.17) is 0 Å². The Morgan fingerprint density at radius 1 is 0.952 bits per heavy atom. The monoisotopic (exact) mass is 310 g/mol. The van der Waals surface area contributed by atoms with Crippen molar-refractivity contribution < 1.29 is 31.1 Å². The molecule has 1 amide bonds. The summed E-state index contributed by atoms with van der Waals surface area (Å²) in [6.07, 6.45) is -8.75. The Bertz CT molecular complexity index is 570. The first-order valence-corrected chi connectivity index (χ1v) is 5.60. The van der Waals surface area contributed by atoms with E-state index in [0.29, 0.717) is 12.1 Å². The second kappa shape index (κ2) is 4.97. The molecule has 114 valence electrons. The summed E-state index contributed by atoms with van der Waals surface area (Å²) < 4.78 is 75.8. The number of hydrogen-bond acceptors (Lipinski definition) is 2. The van der Waals surface area contributed by atoms with Crippen molar-refractivity contribution in [3.63, 3.8) is 0 Å². The molecule has 0 spiro atoms. The molecule has 0 saturated heterocycles. The number of alkyl halides is 6. The zero-order chi connectivity index (χ0) is 15.8. The maximum atomic E-state index is 12.6. The summed E-state index contributed by atoms with van der Waals surface area (Å²) in [6, 6.07) is 1.15. The Morgan fingerprint density at radius 2 is 1.48 bits per heavy atom. The minimum atomic E-state index is -4.91. The quantitative estimate of drug-likeness (QED) is 0.824. The lowest BCUT2D eigenvalue weighted by Gasteiger charge is -2.15. The smallest absolute Gasteiger partial charge is 0.357 e. The van der Waals surface area contributed by atoms with Gasteiger partial charge in [-0.3, -0.25) is 4.79 Å².